The Hall–Kier alpha value is -2.31. The van der Waals surface area contributed by atoms with Gasteiger partial charge >= 0.3 is 5.69 Å². The Bertz CT molecular complexity index is 748. The smallest absolute Gasteiger partial charge is 0.311 e. The van der Waals surface area contributed by atoms with E-state index in [0.29, 0.717) is 16.4 Å². The number of benzene rings is 2. The molecule has 2 aromatic rings. The van der Waals surface area contributed by atoms with Gasteiger partial charge in [0.2, 0.25) is 5.75 Å². The largest absolute Gasteiger partial charge is 0.502 e. The van der Waals surface area contributed by atoms with Crippen LogP contribution in [0.15, 0.2) is 35.3 Å². The van der Waals surface area contributed by atoms with Crippen molar-refractivity contribution < 1.29 is 10.0 Å². The second kappa shape index (κ2) is 5.99. The van der Waals surface area contributed by atoms with Gasteiger partial charge in [0.25, 0.3) is 0 Å². The third-order valence-corrected chi connectivity index (χ3v) is 3.38. The first-order valence-electron chi connectivity index (χ1n) is 5.65. The van der Waals surface area contributed by atoms with Gasteiger partial charge in [0, 0.05) is 17.8 Å². The first-order chi connectivity index (χ1) is 9.90. The summed E-state index contributed by atoms with van der Waals surface area (Å²) in [6, 6.07) is 7.03. The summed E-state index contributed by atoms with van der Waals surface area (Å²) in [7, 11) is 0. The van der Waals surface area contributed by atoms with Crippen LogP contribution in [-0.2, 0) is 0 Å². The van der Waals surface area contributed by atoms with E-state index < -0.39 is 16.4 Å². The van der Waals surface area contributed by atoms with Crippen molar-refractivity contribution in [3.63, 3.8) is 0 Å². The molecule has 8 heteroatoms. The second-order valence-corrected chi connectivity index (χ2v) is 4.87. The van der Waals surface area contributed by atoms with Crippen molar-refractivity contribution in [2.24, 2.45) is 4.99 Å². The summed E-state index contributed by atoms with van der Waals surface area (Å²) in [5.74, 6) is -0.468. The molecule has 0 aliphatic carbocycles. The van der Waals surface area contributed by atoms with Gasteiger partial charge in [0.05, 0.1) is 26.3 Å². The van der Waals surface area contributed by atoms with Crippen LogP contribution in [0.3, 0.4) is 0 Å². The standard InChI is InChI=1S/C13H9Cl2N3O3/c14-8-4-10(16)11(5-9(8)15)17-6-7-2-1-3-12(13(7)19)18(20)21/h1-6,19H,16H2. The zero-order valence-electron chi connectivity index (χ0n) is 10.5. The summed E-state index contributed by atoms with van der Waals surface area (Å²) in [6.45, 7) is 0. The van der Waals surface area contributed by atoms with E-state index in [9.17, 15) is 15.2 Å². The van der Waals surface area contributed by atoms with Crippen molar-refractivity contribution in [2.45, 2.75) is 0 Å². The average Bonchev–Trinajstić information content (AvgIpc) is 2.42. The zero-order valence-corrected chi connectivity index (χ0v) is 12.0. The molecule has 0 fully saturated rings. The fraction of sp³-hybridized carbons (Fsp3) is 0. The molecule has 0 heterocycles. The molecular formula is C13H9Cl2N3O3. The first-order valence-corrected chi connectivity index (χ1v) is 6.40. The van der Waals surface area contributed by atoms with Crippen molar-refractivity contribution in [1.82, 2.24) is 0 Å². The van der Waals surface area contributed by atoms with Crippen LogP contribution in [0.5, 0.6) is 5.75 Å². The van der Waals surface area contributed by atoms with Gasteiger partial charge < -0.3 is 10.8 Å². The number of aromatic hydroxyl groups is 1. The maximum absolute atomic E-state index is 10.7. The monoisotopic (exact) mass is 325 g/mol. The lowest BCUT2D eigenvalue weighted by Gasteiger charge is -2.03. The number of rotatable bonds is 3. The minimum Gasteiger partial charge on any atom is -0.502 e. The molecule has 0 aromatic heterocycles. The molecule has 0 aliphatic heterocycles. The van der Waals surface area contributed by atoms with E-state index in [1.165, 1.54) is 36.5 Å². The minimum absolute atomic E-state index is 0.190. The molecule has 3 N–H and O–H groups in total. The van der Waals surface area contributed by atoms with Crippen LogP contribution < -0.4 is 5.73 Å². The molecule has 0 radical (unpaired) electrons. The summed E-state index contributed by atoms with van der Waals surface area (Å²) in [5, 5.41) is 21.1. The van der Waals surface area contributed by atoms with E-state index in [1.807, 2.05) is 0 Å². The lowest BCUT2D eigenvalue weighted by atomic mass is 10.2. The van der Waals surface area contributed by atoms with Crippen LogP contribution in [0, 0.1) is 10.1 Å². The number of nitro groups is 1. The molecule has 0 aliphatic rings. The summed E-state index contributed by atoms with van der Waals surface area (Å²) < 4.78 is 0. The number of nitro benzene ring substituents is 1. The van der Waals surface area contributed by atoms with E-state index in [1.54, 1.807) is 0 Å². The van der Waals surface area contributed by atoms with Gasteiger partial charge in [-0.15, -0.1) is 0 Å². The highest BCUT2D eigenvalue weighted by Gasteiger charge is 2.15. The molecule has 0 saturated carbocycles. The van der Waals surface area contributed by atoms with E-state index in [2.05, 4.69) is 4.99 Å². The fourth-order valence-corrected chi connectivity index (χ4v) is 1.93. The van der Waals surface area contributed by atoms with Gasteiger partial charge in [-0.2, -0.15) is 0 Å². The van der Waals surface area contributed by atoms with E-state index in [4.69, 9.17) is 28.9 Å². The van der Waals surface area contributed by atoms with Gasteiger partial charge in [-0.05, 0) is 18.2 Å². The van der Waals surface area contributed by atoms with Crippen LogP contribution >= 0.6 is 23.2 Å². The Morgan fingerprint density at radius 1 is 1.29 bits per heavy atom. The molecule has 0 atom stereocenters. The van der Waals surface area contributed by atoms with Crippen molar-refractivity contribution in [3.8, 4) is 5.75 Å². The Morgan fingerprint density at radius 2 is 1.95 bits per heavy atom. The van der Waals surface area contributed by atoms with E-state index in [-0.39, 0.29) is 10.6 Å². The van der Waals surface area contributed by atoms with Gasteiger partial charge in [0.15, 0.2) is 0 Å². The molecule has 108 valence electrons. The number of phenols is 1. The topological polar surface area (TPSA) is 102 Å². The molecule has 21 heavy (non-hydrogen) atoms. The number of hydrogen-bond donors (Lipinski definition) is 2. The number of anilines is 1. The maximum atomic E-state index is 10.7. The van der Waals surface area contributed by atoms with Crippen LogP contribution in [0.25, 0.3) is 0 Å². The van der Waals surface area contributed by atoms with E-state index in [0.717, 1.165) is 0 Å². The number of para-hydroxylation sites is 1. The number of aliphatic imine (C=N–C) groups is 1. The van der Waals surface area contributed by atoms with Crippen LogP contribution in [0.1, 0.15) is 5.56 Å². The molecule has 0 unspecified atom stereocenters. The first kappa shape index (κ1) is 15.1. The third kappa shape index (κ3) is 3.24. The van der Waals surface area contributed by atoms with Crippen molar-refractivity contribution >= 4 is 46.5 Å². The van der Waals surface area contributed by atoms with Gasteiger partial charge in [-0.25, -0.2) is 0 Å². The molecule has 0 bridgehead atoms. The van der Waals surface area contributed by atoms with Crippen molar-refractivity contribution in [2.75, 3.05) is 5.73 Å². The SMILES string of the molecule is Nc1cc(Cl)c(Cl)cc1N=Cc1cccc([N+](=O)[O-])c1O. The molecular weight excluding hydrogens is 317 g/mol. The average molecular weight is 326 g/mol. The predicted octanol–water partition coefficient (Wildman–Crippen LogP) is 3.94. The minimum atomic E-state index is -0.680. The maximum Gasteiger partial charge on any atom is 0.311 e. The molecule has 0 spiro atoms. The molecule has 6 nitrogen and oxygen atoms in total. The number of nitrogens with zero attached hydrogens (tertiary/aromatic N) is 2. The lowest BCUT2D eigenvalue weighted by Crippen LogP contribution is -1.92. The van der Waals surface area contributed by atoms with Crippen LogP contribution in [0.2, 0.25) is 10.0 Å². The van der Waals surface area contributed by atoms with Crippen molar-refractivity contribution in [1.29, 1.82) is 0 Å². The molecule has 0 amide bonds. The number of hydrogen-bond acceptors (Lipinski definition) is 5. The quantitative estimate of drug-likeness (QED) is 0.386. The Kier molecular flexibility index (Phi) is 4.30. The van der Waals surface area contributed by atoms with Gasteiger partial charge in [-0.3, -0.25) is 15.1 Å². The second-order valence-electron chi connectivity index (χ2n) is 4.06. The summed E-state index contributed by atoms with van der Waals surface area (Å²) in [6.07, 6.45) is 1.26. The Morgan fingerprint density at radius 3 is 2.62 bits per heavy atom. The Balaban J connectivity index is 2.41. The summed E-state index contributed by atoms with van der Waals surface area (Å²) in [5.41, 5.74) is 6.17. The third-order valence-electron chi connectivity index (χ3n) is 2.65. The highest BCUT2D eigenvalue weighted by molar-refractivity contribution is 6.42. The molecule has 0 saturated heterocycles. The van der Waals surface area contributed by atoms with Crippen LogP contribution in [0.4, 0.5) is 17.1 Å². The summed E-state index contributed by atoms with van der Waals surface area (Å²) >= 11 is 11.7. The number of nitrogens with two attached hydrogens (primary N) is 1. The predicted molar refractivity (Wildman–Crippen MR) is 82.9 cm³/mol. The molecule has 2 rings (SSSR count). The highest BCUT2D eigenvalue weighted by Crippen LogP contribution is 2.33. The summed E-state index contributed by atoms with van der Waals surface area (Å²) in [4.78, 5) is 14.1. The van der Waals surface area contributed by atoms with Gasteiger partial charge in [-0.1, -0.05) is 29.3 Å². The number of phenolic OH excluding ortho intramolecular Hbond substituents is 1. The van der Waals surface area contributed by atoms with Crippen LogP contribution in [-0.4, -0.2) is 16.2 Å². The van der Waals surface area contributed by atoms with Crippen molar-refractivity contribution in [3.05, 3.63) is 56.1 Å². The fourth-order valence-electron chi connectivity index (χ4n) is 1.60. The van der Waals surface area contributed by atoms with E-state index >= 15 is 0 Å². The highest BCUT2D eigenvalue weighted by atomic mass is 35.5. The molecule has 2 aromatic carbocycles. The Labute approximate surface area is 129 Å². The number of halogens is 2. The lowest BCUT2D eigenvalue weighted by molar-refractivity contribution is -0.385. The number of nitrogen functional groups attached to an aromatic ring is 1. The van der Waals surface area contributed by atoms with Gasteiger partial charge in [0.1, 0.15) is 0 Å². The zero-order chi connectivity index (χ0) is 15.6. The normalized spacial score (nSPS) is 11.0.